The van der Waals surface area contributed by atoms with Gasteiger partial charge >= 0.3 is 0 Å². The fourth-order valence-corrected chi connectivity index (χ4v) is 2.89. The van der Waals surface area contributed by atoms with Crippen LogP contribution in [0.25, 0.3) is 11.3 Å². The Bertz CT molecular complexity index is 661. The van der Waals surface area contributed by atoms with Gasteiger partial charge in [0.2, 0.25) is 0 Å². The van der Waals surface area contributed by atoms with Gasteiger partial charge in [-0.25, -0.2) is 0 Å². The van der Waals surface area contributed by atoms with E-state index in [9.17, 15) is 0 Å². The van der Waals surface area contributed by atoms with E-state index in [-0.39, 0.29) is 32.7 Å². The predicted molar refractivity (Wildman–Crippen MR) is 83.5 cm³/mol. The maximum Gasteiger partial charge on any atom is 0.145 e. The number of aryl methyl sites for hydroxylation is 2. The van der Waals surface area contributed by atoms with E-state index in [1.807, 2.05) is 23.9 Å². The molecule has 22 heavy (non-hydrogen) atoms. The summed E-state index contributed by atoms with van der Waals surface area (Å²) in [6.07, 6.45) is 10.00. The van der Waals surface area contributed by atoms with Crippen molar-refractivity contribution in [2.24, 2.45) is 18.0 Å². The van der Waals surface area contributed by atoms with Crippen LogP contribution >= 0.6 is 0 Å². The Kier molecular flexibility index (Phi) is 6.40. The van der Waals surface area contributed by atoms with Gasteiger partial charge in [0.15, 0.2) is 0 Å². The van der Waals surface area contributed by atoms with Crippen molar-refractivity contribution in [3.63, 3.8) is 0 Å². The molecule has 1 aromatic carbocycles. The molecule has 0 aliphatic heterocycles. The van der Waals surface area contributed by atoms with Crippen LogP contribution in [0.3, 0.4) is 0 Å². The predicted octanol–water partition coefficient (Wildman–Crippen LogP) is 3.45. The number of aliphatic imine (C=N–C) groups is 1. The molecule has 3 nitrogen and oxygen atoms in total. The van der Waals surface area contributed by atoms with Gasteiger partial charge in [0.1, 0.15) is 7.05 Å². The SMILES string of the molecule is Cc1ccccc1-c1c(N=[C-]C2CCCC2)[c-]cn[n+]1C.[Y]. The maximum atomic E-state index is 4.60. The Hall–Kier alpha value is -0.926. The quantitative estimate of drug-likeness (QED) is 0.464. The first kappa shape index (κ1) is 17.4. The van der Waals surface area contributed by atoms with Crippen LogP contribution in [0.1, 0.15) is 31.2 Å². The summed E-state index contributed by atoms with van der Waals surface area (Å²) in [5.74, 6) is 0.501. The minimum atomic E-state index is 0. The van der Waals surface area contributed by atoms with Crippen LogP contribution in [0, 0.1) is 18.9 Å². The molecule has 0 spiro atoms. The molecule has 3 rings (SSSR count). The molecule has 0 amide bonds. The standard InChI is InChI=1S/C18H20N3.Y/c1-14-7-3-6-10-16(14)18-17(11-12-20-21(18)2)19-13-15-8-4-5-9-15;/h3,6-7,10,12,15H,4-5,8-9H2,1-2H3;/q-1;. The Morgan fingerprint density at radius 1 is 1.27 bits per heavy atom. The molecule has 4 heteroatoms. The maximum absolute atomic E-state index is 4.60. The van der Waals surface area contributed by atoms with Crippen molar-refractivity contribution in [2.45, 2.75) is 32.6 Å². The number of benzene rings is 1. The van der Waals surface area contributed by atoms with Crippen LogP contribution in [0.4, 0.5) is 5.69 Å². The minimum absolute atomic E-state index is 0. The van der Waals surface area contributed by atoms with Crippen molar-refractivity contribution in [3.05, 3.63) is 42.1 Å². The van der Waals surface area contributed by atoms with Gasteiger partial charge in [-0.3, -0.25) is 6.07 Å². The van der Waals surface area contributed by atoms with E-state index in [4.69, 9.17) is 0 Å². The topological polar surface area (TPSA) is 29.1 Å². The van der Waals surface area contributed by atoms with Crippen LogP contribution in [0.2, 0.25) is 0 Å². The molecule has 1 aromatic heterocycles. The molecule has 1 heterocycles. The van der Waals surface area contributed by atoms with Crippen molar-refractivity contribution < 1.29 is 37.4 Å². The van der Waals surface area contributed by atoms with Crippen molar-refractivity contribution in [3.8, 4) is 11.3 Å². The summed E-state index contributed by atoms with van der Waals surface area (Å²) in [7, 11) is 1.95. The largest absolute Gasteiger partial charge is 0.487 e. The third-order valence-electron chi connectivity index (χ3n) is 4.09. The first-order valence-corrected chi connectivity index (χ1v) is 7.55. The summed E-state index contributed by atoms with van der Waals surface area (Å²) in [5, 5.41) is 4.31. The van der Waals surface area contributed by atoms with Gasteiger partial charge in [-0.05, 0) is 23.8 Å². The second kappa shape index (κ2) is 8.07. The third kappa shape index (κ3) is 3.88. The molecule has 0 N–H and O–H groups in total. The minimum Gasteiger partial charge on any atom is -0.487 e. The van der Waals surface area contributed by atoms with Crippen LogP contribution in [0.15, 0.2) is 35.5 Å². The fraction of sp³-hybridized carbons (Fsp3) is 0.389. The Labute approximate surface area is 157 Å². The number of aromatic nitrogens is 2. The average Bonchev–Trinajstić information content (AvgIpc) is 3.00. The molecule has 1 saturated carbocycles. The normalized spacial score (nSPS) is 15.2. The number of nitrogens with zero attached hydrogens (tertiary/aromatic N) is 3. The van der Waals surface area contributed by atoms with E-state index in [2.05, 4.69) is 41.4 Å². The van der Waals surface area contributed by atoms with Crippen LogP contribution in [-0.4, -0.2) is 11.3 Å². The number of hydrogen-bond acceptors (Lipinski definition) is 2. The second-order valence-electron chi connectivity index (χ2n) is 5.65. The van der Waals surface area contributed by atoms with E-state index >= 15 is 0 Å². The Balaban J connectivity index is 0.00000176. The van der Waals surface area contributed by atoms with Crippen LogP contribution < -0.4 is 4.68 Å². The molecule has 111 valence electrons. The van der Waals surface area contributed by atoms with Gasteiger partial charge in [0, 0.05) is 38.4 Å². The smallest absolute Gasteiger partial charge is 0.145 e. The first-order valence-electron chi connectivity index (χ1n) is 7.55. The van der Waals surface area contributed by atoms with Crippen molar-refractivity contribution in [1.82, 2.24) is 5.10 Å². The average molecular weight is 367 g/mol. The van der Waals surface area contributed by atoms with Crippen LogP contribution in [0.5, 0.6) is 0 Å². The van der Waals surface area contributed by atoms with Gasteiger partial charge in [0.05, 0.1) is 0 Å². The summed E-state index contributed by atoms with van der Waals surface area (Å²) < 4.78 is 1.87. The first-order chi connectivity index (χ1) is 10.3. The summed E-state index contributed by atoms with van der Waals surface area (Å²) in [6, 6.07) is 11.5. The van der Waals surface area contributed by atoms with Crippen LogP contribution in [-0.2, 0) is 39.8 Å². The van der Waals surface area contributed by atoms with E-state index in [1.165, 1.54) is 31.2 Å². The summed E-state index contributed by atoms with van der Waals surface area (Å²) in [6.45, 7) is 2.11. The summed E-state index contributed by atoms with van der Waals surface area (Å²) in [4.78, 5) is 4.60. The fourth-order valence-electron chi connectivity index (χ4n) is 2.89. The van der Waals surface area contributed by atoms with E-state index in [1.54, 1.807) is 6.20 Å². The summed E-state index contributed by atoms with van der Waals surface area (Å²) >= 11 is 0. The van der Waals surface area contributed by atoms with Crippen molar-refractivity contribution in [1.29, 1.82) is 0 Å². The molecule has 0 saturated heterocycles. The summed E-state index contributed by atoms with van der Waals surface area (Å²) in [5.41, 5.74) is 4.19. The van der Waals surface area contributed by atoms with E-state index < -0.39 is 0 Å². The zero-order valence-electron chi connectivity index (χ0n) is 13.2. The van der Waals surface area contributed by atoms with Gasteiger partial charge in [-0.15, -0.1) is 0 Å². The van der Waals surface area contributed by atoms with Gasteiger partial charge in [-0.1, -0.05) is 61.4 Å². The van der Waals surface area contributed by atoms with Crippen molar-refractivity contribution >= 4 is 11.9 Å². The van der Waals surface area contributed by atoms with Gasteiger partial charge in [-0.2, -0.15) is 16.6 Å². The van der Waals surface area contributed by atoms with E-state index in [0.29, 0.717) is 5.92 Å². The Morgan fingerprint density at radius 3 is 2.73 bits per heavy atom. The Morgan fingerprint density at radius 2 is 2.00 bits per heavy atom. The second-order valence-corrected chi connectivity index (χ2v) is 5.65. The zero-order chi connectivity index (χ0) is 14.7. The van der Waals surface area contributed by atoms with Gasteiger partial charge in [0.25, 0.3) is 0 Å². The van der Waals surface area contributed by atoms with E-state index in [0.717, 1.165) is 16.9 Å². The molecule has 0 unspecified atom stereocenters. The molecular formula is C18H20N3Y-. The number of hydrogen-bond donors (Lipinski definition) is 0. The molecule has 1 aliphatic carbocycles. The molecule has 2 aromatic rings. The molecule has 0 atom stereocenters. The number of rotatable bonds is 3. The molecule has 1 fully saturated rings. The monoisotopic (exact) mass is 367 g/mol. The molecule has 0 bridgehead atoms. The zero-order valence-corrected chi connectivity index (χ0v) is 16.0. The van der Waals surface area contributed by atoms with Gasteiger partial charge < -0.3 is 4.99 Å². The molecular weight excluding hydrogens is 347 g/mol. The molecule has 1 aliphatic rings. The molecule has 1 radical (unpaired) electrons. The van der Waals surface area contributed by atoms with Crippen molar-refractivity contribution in [2.75, 3.05) is 0 Å². The third-order valence-corrected chi connectivity index (χ3v) is 4.09.